The molecule has 2 fully saturated rings. The highest BCUT2D eigenvalue weighted by Gasteiger charge is 2.41. The molecule has 12 heteroatoms. The Kier molecular flexibility index (Phi) is 7.15. The molecule has 0 radical (unpaired) electrons. The number of fused-ring (bicyclic) bond motifs is 1. The second kappa shape index (κ2) is 10.5. The van der Waals surface area contributed by atoms with Crippen LogP contribution in [0, 0.1) is 0 Å². The fourth-order valence-electron chi connectivity index (χ4n) is 4.06. The fraction of sp³-hybridized carbons (Fsp3) is 0.458. The maximum absolute atomic E-state index is 12.5. The van der Waals surface area contributed by atoms with E-state index in [1.54, 1.807) is 23.7 Å². The van der Waals surface area contributed by atoms with E-state index in [2.05, 4.69) is 25.9 Å². The van der Waals surface area contributed by atoms with Gasteiger partial charge in [-0.15, -0.1) is 11.6 Å². The molecule has 5 rings (SSSR count). The van der Waals surface area contributed by atoms with E-state index >= 15 is 0 Å². The molecule has 36 heavy (non-hydrogen) atoms. The van der Waals surface area contributed by atoms with Crippen LogP contribution in [0.15, 0.2) is 41.9 Å². The minimum Gasteiger partial charge on any atom is -0.394 e. The van der Waals surface area contributed by atoms with Crippen LogP contribution in [0.5, 0.6) is 0 Å². The molecule has 0 saturated carbocycles. The lowest BCUT2D eigenvalue weighted by atomic mass is 10.1. The predicted molar refractivity (Wildman–Crippen MR) is 139 cm³/mol. The number of carbonyl (C=O) groups is 1. The van der Waals surface area contributed by atoms with Crippen LogP contribution < -0.4 is 21.7 Å². The van der Waals surface area contributed by atoms with Gasteiger partial charge in [0.15, 0.2) is 11.4 Å². The smallest absolute Gasteiger partial charge is 0.269 e. The highest BCUT2D eigenvalue weighted by atomic mass is 35.5. The molecule has 0 bridgehead atoms. The van der Waals surface area contributed by atoms with Crippen molar-refractivity contribution in [3.8, 4) is 0 Å². The number of amides is 1. The Labute approximate surface area is 214 Å². The van der Waals surface area contributed by atoms with Crippen LogP contribution >= 0.6 is 11.6 Å². The Morgan fingerprint density at radius 3 is 2.94 bits per heavy atom. The minimum absolute atomic E-state index is 0.0497. The first-order chi connectivity index (χ1) is 17.4. The van der Waals surface area contributed by atoms with Crippen LogP contribution in [-0.4, -0.2) is 82.5 Å². The number of halogens is 1. The van der Waals surface area contributed by atoms with Crippen LogP contribution in [0.2, 0.25) is 0 Å². The first-order valence-corrected chi connectivity index (χ1v) is 12.5. The Morgan fingerprint density at radius 1 is 1.39 bits per heavy atom. The van der Waals surface area contributed by atoms with Gasteiger partial charge in [0.25, 0.3) is 5.91 Å². The van der Waals surface area contributed by atoms with E-state index in [0.29, 0.717) is 30.1 Å². The first kappa shape index (κ1) is 24.6. The number of carbonyl (C=O) groups excluding carboxylic acids is 1. The molecule has 1 amide bonds. The third-order valence-electron chi connectivity index (χ3n) is 6.19. The summed E-state index contributed by atoms with van der Waals surface area (Å²) in [6.07, 6.45) is 9.75. The molecule has 2 unspecified atom stereocenters. The summed E-state index contributed by atoms with van der Waals surface area (Å²) in [4.78, 5) is 19.6. The van der Waals surface area contributed by atoms with Crippen molar-refractivity contribution >= 4 is 40.9 Å². The first-order valence-electron chi connectivity index (χ1n) is 12.0. The summed E-state index contributed by atoms with van der Waals surface area (Å²) in [5, 5.41) is 14.1. The molecule has 0 spiro atoms. The Bertz CT molecular complexity index is 1210. The molecule has 2 atom stereocenters. The molecule has 3 aliphatic rings. The number of epoxide rings is 1. The van der Waals surface area contributed by atoms with Gasteiger partial charge in [0, 0.05) is 49.9 Å². The number of anilines is 2. The van der Waals surface area contributed by atoms with E-state index in [9.17, 15) is 4.79 Å². The summed E-state index contributed by atoms with van der Waals surface area (Å²) >= 11 is 6.29. The van der Waals surface area contributed by atoms with Gasteiger partial charge in [0.05, 0.1) is 37.1 Å². The van der Waals surface area contributed by atoms with E-state index in [1.165, 1.54) is 0 Å². The van der Waals surface area contributed by atoms with Gasteiger partial charge in [-0.3, -0.25) is 9.69 Å². The van der Waals surface area contributed by atoms with E-state index in [-0.39, 0.29) is 11.1 Å². The second-order valence-corrected chi connectivity index (χ2v) is 9.80. The monoisotopic (exact) mass is 514 g/mol. The number of allylic oxidation sites excluding steroid dienone is 4. The standard InChI is InChI=1S/C24H31ClN8O3/c1-24(15-36-24)31-23(34)19(26)11-16-14-28-33-21(27-5-6-32-7-9-35-10-8-32)13-20(30-22(16)33)29-18-4-2-3-17(25)12-18/h2-4,11,13-14,17,27H,5-10,12,15,26H2,1H3,(H,29,30)(H,31,34)/b19-11-. The predicted octanol–water partition coefficient (Wildman–Crippen LogP) is 1.50. The number of alkyl halides is 1. The zero-order valence-electron chi connectivity index (χ0n) is 20.2. The van der Waals surface area contributed by atoms with E-state index in [0.717, 1.165) is 50.9 Å². The number of ether oxygens (including phenoxy) is 2. The van der Waals surface area contributed by atoms with Crippen LogP contribution in [0.4, 0.5) is 11.6 Å². The van der Waals surface area contributed by atoms with Gasteiger partial charge in [0.1, 0.15) is 11.6 Å². The van der Waals surface area contributed by atoms with Gasteiger partial charge in [-0.25, -0.2) is 4.98 Å². The Hall–Kier alpha value is -3.12. The molecule has 0 aromatic carbocycles. The lowest BCUT2D eigenvalue weighted by molar-refractivity contribution is -0.119. The summed E-state index contributed by atoms with van der Waals surface area (Å²) < 4.78 is 12.4. The molecule has 4 heterocycles. The molecule has 11 nitrogen and oxygen atoms in total. The van der Waals surface area contributed by atoms with Crippen molar-refractivity contribution < 1.29 is 14.3 Å². The third-order valence-corrected chi connectivity index (χ3v) is 6.49. The number of hydrogen-bond acceptors (Lipinski definition) is 9. The summed E-state index contributed by atoms with van der Waals surface area (Å²) in [6, 6.07) is 1.91. The highest BCUT2D eigenvalue weighted by molar-refractivity contribution is 6.22. The number of nitrogens with zero attached hydrogens (tertiary/aromatic N) is 4. The number of morpholine rings is 1. The van der Waals surface area contributed by atoms with Gasteiger partial charge in [-0.2, -0.15) is 9.61 Å². The minimum atomic E-state index is -0.647. The zero-order valence-corrected chi connectivity index (χ0v) is 20.9. The third kappa shape index (κ3) is 5.98. The maximum atomic E-state index is 12.5. The summed E-state index contributed by atoms with van der Waals surface area (Å²) in [5.41, 5.74) is 7.64. The average Bonchev–Trinajstić information content (AvgIpc) is 3.45. The van der Waals surface area contributed by atoms with Gasteiger partial charge in [-0.1, -0.05) is 12.2 Å². The molecular weight excluding hydrogens is 484 g/mol. The highest BCUT2D eigenvalue weighted by Crippen LogP contribution is 2.25. The van der Waals surface area contributed by atoms with Crippen molar-refractivity contribution in [3.63, 3.8) is 0 Å². The Morgan fingerprint density at radius 2 is 2.19 bits per heavy atom. The van der Waals surface area contributed by atoms with Crippen molar-refractivity contribution in [2.45, 2.75) is 24.4 Å². The quantitative estimate of drug-likeness (QED) is 0.223. The van der Waals surface area contributed by atoms with Crippen molar-refractivity contribution in [1.82, 2.24) is 24.8 Å². The normalized spacial score (nSPS) is 24.4. The zero-order chi connectivity index (χ0) is 25.1. The molecule has 2 aromatic heterocycles. The largest absolute Gasteiger partial charge is 0.394 e. The lowest BCUT2D eigenvalue weighted by Gasteiger charge is -2.26. The number of rotatable bonds is 9. The Balaban J connectivity index is 1.40. The van der Waals surface area contributed by atoms with Crippen LogP contribution in [-0.2, 0) is 14.3 Å². The molecule has 2 saturated heterocycles. The van der Waals surface area contributed by atoms with Gasteiger partial charge in [0.2, 0.25) is 0 Å². The molecule has 2 aromatic rings. The molecule has 2 aliphatic heterocycles. The summed E-state index contributed by atoms with van der Waals surface area (Å²) in [6.45, 7) is 7.22. The lowest BCUT2D eigenvalue weighted by Crippen LogP contribution is -2.39. The van der Waals surface area contributed by atoms with Gasteiger partial charge >= 0.3 is 0 Å². The maximum Gasteiger partial charge on any atom is 0.269 e. The summed E-state index contributed by atoms with van der Waals surface area (Å²) in [5.74, 6) is 1.00. The molecule has 1 aliphatic carbocycles. The number of nitrogens with one attached hydrogen (secondary N) is 3. The van der Waals surface area contributed by atoms with Crippen molar-refractivity contribution in [3.05, 3.63) is 47.4 Å². The van der Waals surface area contributed by atoms with Gasteiger partial charge in [-0.05, 0) is 19.1 Å². The number of nitrogens with two attached hydrogens (primary N) is 1. The topological polar surface area (TPSA) is 134 Å². The van der Waals surface area contributed by atoms with Crippen LogP contribution in [0.3, 0.4) is 0 Å². The molecular formula is C24H31ClN8O3. The average molecular weight is 515 g/mol. The SMILES string of the molecule is CC1(NC(=O)/C(N)=C/c2cnn3c(NCCN4CCOCC4)cc(NC4=CC=CC(Cl)C4)nc23)CO1. The van der Waals surface area contributed by atoms with E-state index in [1.807, 2.05) is 24.3 Å². The number of hydrogen-bond donors (Lipinski definition) is 4. The number of aromatic nitrogens is 3. The van der Waals surface area contributed by atoms with Crippen molar-refractivity contribution in [1.29, 1.82) is 0 Å². The van der Waals surface area contributed by atoms with Crippen molar-refractivity contribution in [2.75, 3.05) is 56.6 Å². The van der Waals surface area contributed by atoms with Gasteiger partial charge < -0.3 is 31.2 Å². The summed E-state index contributed by atoms with van der Waals surface area (Å²) in [7, 11) is 0. The molecule has 192 valence electrons. The molecule has 5 N–H and O–H groups in total. The fourth-order valence-corrected chi connectivity index (χ4v) is 4.31. The second-order valence-electron chi connectivity index (χ2n) is 9.24. The van der Waals surface area contributed by atoms with Crippen molar-refractivity contribution in [2.24, 2.45) is 5.73 Å². The van der Waals surface area contributed by atoms with E-state index in [4.69, 9.17) is 31.8 Å². The van der Waals surface area contributed by atoms with Crippen LogP contribution in [0.25, 0.3) is 11.7 Å². The van der Waals surface area contributed by atoms with Crippen LogP contribution in [0.1, 0.15) is 18.9 Å². The van der Waals surface area contributed by atoms with E-state index < -0.39 is 11.6 Å².